The highest BCUT2D eigenvalue weighted by atomic mass is 16.6. The van der Waals surface area contributed by atoms with Crippen molar-refractivity contribution in [1.82, 2.24) is 15.2 Å². The molecular weight excluding hydrogens is 308 g/mol. The minimum atomic E-state index is -0.415. The van der Waals surface area contributed by atoms with Crippen LogP contribution in [0.1, 0.15) is 19.8 Å². The van der Waals surface area contributed by atoms with Crippen molar-refractivity contribution >= 4 is 17.7 Å². The quantitative estimate of drug-likeness (QED) is 0.671. The van der Waals surface area contributed by atoms with Crippen molar-refractivity contribution < 1.29 is 4.92 Å². The summed E-state index contributed by atoms with van der Waals surface area (Å²) >= 11 is 0. The van der Waals surface area contributed by atoms with Gasteiger partial charge >= 0.3 is 0 Å². The lowest BCUT2D eigenvalue weighted by Crippen LogP contribution is -2.52. The van der Waals surface area contributed by atoms with Crippen LogP contribution in [0.4, 0.5) is 11.5 Å². The molecule has 8 heteroatoms. The zero-order valence-electron chi connectivity index (χ0n) is 13.6. The fourth-order valence-electron chi connectivity index (χ4n) is 3.70. The molecule has 0 bridgehead atoms. The monoisotopic (exact) mass is 328 g/mol. The van der Waals surface area contributed by atoms with Crippen LogP contribution in [-0.2, 0) is 0 Å². The van der Waals surface area contributed by atoms with Gasteiger partial charge in [-0.15, -0.1) is 0 Å². The zero-order valence-corrected chi connectivity index (χ0v) is 13.6. The van der Waals surface area contributed by atoms with E-state index in [2.05, 4.69) is 32.0 Å². The van der Waals surface area contributed by atoms with Crippen LogP contribution in [0.25, 0.3) is 0 Å². The van der Waals surface area contributed by atoms with Crippen LogP contribution in [-0.4, -0.2) is 46.8 Å². The molecule has 0 amide bonds. The van der Waals surface area contributed by atoms with Gasteiger partial charge < -0.3 is 15.1 Å². The van der Waals surface area contributed by atoms with Crippen LogP contribution < -0.4 is 10.2 Å². The molecule has 8 nitrogen and oxygen atoms in total. The van der Waals surface area contributed by atoms with Crippen LogP contribution >= 0.6 is 0 Å². The van der Waals surface area contributed by atoms with E-state index in [4.69, 9.17) is 0 Å². The van der Waals surface area contributed by atoms with Gasteiger partial charge in [-0.25, -0.2) is 9.98 Å². The van der Waals surface area contributed by atoms with Crippen molar-refractivity contribution in [2.45, 2.75) is 25.8 Å². The number of nitro groups is 1. The van der Waals surface area contributed by atoms with Gasteiger partial charge in [-0.2, -0.15) is 0 Å². The van der Waals surface area contributed by atoms with Gasteiger partial charge in [0, 0.05) is 31.8 Å². The zero-order chi connectivity index (χ0) is 16.7. The lowest BCUT2D eigenvalue weighted by atomic mass is 9.92. The van der Waals surface area contributed by atoms with E-state index in [1.165, 1.54) is 18.0 Å². The van der Waals surface area contributed by atoms with Gasteiger partial charge in [-0.3, -0.25) is 10.1 Å². The molecule has 2 atom stereocenters. The summed E-state index contributed by atoms with van der Waals surface area (Å²) in [5, 5.41) is 14.1. The van der Waals surface area contributed by atoms with Gasteiger partial charge in [-0.1, -0.05) is 6.92 Å². The molecule has 3 aliphatic heterocycles. The van der Waals surface area contributed by atoms with Gasteiger partial charge in [-0.05, 0) is 18.4 Å². The largest absolute Gasteiger partial charge is 0.355 e. The van der Waals surface area contributed by atoms with Gasteiger partial charge in [0.05, 0.1) is 23.3 Å². The topological polar surface area (TPSA) is 86.9 Å². The van der Waals surface area contributed by atoms with Crippen molar-refractivity contribution in [2.24, 2.45) is 10.9 Å². The number of hydrogen-bond acceptors (Lipinski definition) is 7. The number of nitrogens with one attached hydrogen (secondary N) is 1. The number of piperidine rings is 1. The minimum Gasteiger partial charge on any atom is -0.355 e. The first kappa shape index (κ1) is 14.9. The van der Waals surface area contributed by atoms with Crippen molar-refractivity contribution in [2.75, 3.05) is 24.7 Å². The molecule has 4 heterocycles. The molecule has 1 N–H and O–H groups in total. The molecule has 0 saturated carbocycles. The Morgan fingerprint density at radius 3 is 3.04 bits per heavy atom. The van der Waals surface area contributed by atoms with Crippen LogP contribution in [0.15, 0.2) is 34.8 Å². The van der Waals surface area contributed by atoms with Crippen molar-refractivity contribution in [3.05, 3.63) is 40.0 Å². The molecule has 0 radical (unpaired) electrons. The van der Waals surface area contributed by atoms with Crippen molar-refractivity contribution in [3.63, 3.8) is 0 Å². The van der Waals surface area contributed by atoms with Crippen LogP contribution in [0, 0.1) is 16.0 Å². The maximum Gasteiger partial charge on any atom is 0.287 e. The molecule has 1 fully saturated rings. The van der Waals surface area contributed by atoms with E-state index in [1.54, 1.807) is 6.07 Å². The molecule has 1 aromatic heterocycles. The van der Waals surface area contributed by atoms with Crippen LogP contribution in [0.3, 0.4) is 0 Å². The van der Waals surface area contributed by atoms with E-state index < -0.39 is 4.92 Å². The highest BCUT2D eigenvalue weighted by Gasteiger charge is 2.36. The lowest BCUT2D eigenvalue weighted by Gasteiger charge is -2.43. The highest BCUT2D eigenvalue weighted by Crippen LogP contribution is 2.32. The Morgan fingerprint density at radius 1 is 1.42 bits per heavy atom. The van der Waals surface area contributed by atoms with Crippen LogP contribution in [0.5, 0.6) is 0 Å². The molecule has 4 rings (SSSR count). The molecule has 1 aromatic rings. The summed E-state index contributed by atoms with van der Waals surface area (Å²) in [6.07, 6.45) is 5.25. The van der Waals surface area contributed by atoms with Gasteiger partial charge in [0.1, 0.15) is 17.8 Å². The van der Waals surface area contributed by atoms with Crippen molar-refractivity contribution in [1.29, 1.82) is 0 Å². The molecule has 126 valence electrons. The highest BCUT2D eigenvalue weighted by molar-refractivity contribution is 5.67. The number of aromatic nitrogens is 1. The van der Waals surface area contributed by atoms with E-state index in [0.29, 0.717) is 12.0 Å². The van der Waals surface area contributed by atoms with Gasteiger partial charge in [0.25, 0.3) is 5.69 Å². The van der Waals surface area contributed by atoms with Crippen molar-refractivity contribution in [3.8, 4) is 0 Å². The summed E-state index contributed by atoms with van der Waals surface area (Å²) in [7, 11) is 0. The van der Waals surface area contributed by atoms with Gasteiger partial charge in [0.15, 0.2) is 0 Å². The fraction of sp³-hybridized carbons (Fsp3) is 0.500. The number of hydrogen-bond donors (Lipinski definition) is 1. The third kappa shape index (κ3) is 2.47. The average molecular weight is 328 g/mol. The summed E-state index contributed by atoms with van der Waals surface area (Å²) in [6, 6.07) is 3.66. The number of rotatable bonds is 3. The second-order valence-electron chi connectivity index (χ2n) is 6.53. The summed E-state index contributed by atoms with van der Waals surface area (Å²) in [4.78, 5) is 23.7. The Hall–Kier alpha value is -2.64. The molecule has 0 aromatic carbocycles. The first-order chi connectivity index (χ1) is 11.6. The van der Waals surface area contributed by atoms with Crippen LogP contribution in [0.2, 0.25) is 0 Å². The Morgan fingerprint density at radius 2 is 2.29 bits per heavy atom. The Balaban J connectivity index is 1.52. The number of aliphatic imine (C=N–C) groups is 1. The Kier molecular flexibility index (Phi) is 3.59. The third-order valence-corrected chi connectivity index (χ3v) is 5.13. The summed E-state index contributed by atoms with van der Waals surface area (Å²) < 4.78 is 0. The van der Waals surface area contributed by atoms with E-state index in [-0.39, 0.29) is 5.69 Å². The second-order valence-corrected chi connectivity index (χ2v) is 6.53. The summed E-state index contributed by atoms with van der Waals surface area (Å²) in [6.45, 7) is 4.88. The third-order valence-electron chi connectivity index (χ3n) is 5.13. The Labute approximate surface area is 140 Å². The fourth-order valence-corrected chi connectivity index (χ4v) is 3.70. The number of anilines is 1. The molecule has 0 aliphatic carbocycles. The van der Waals surface area contributed by atoms with Gasteiger partial charge in [0.2, 0.25) is 0 Å². The van der Waals surface area contributed by atoms with E-state index >= 15 is 0 Å². The minimum absolute atomic E-state index is 0.0299. The normalized spacial score (nSPS) is 25.9. The predicted octanol–water partition coefficient (Wildman–Crippen LogP) is 1.71. The summed E-state index contributed by atoms with van der Waals surface area (Å²) in [5.41, 5.74) is 1.31. The standard InChI is InChI=1S/C16H20N6O2/c1-11-5-7-20(15-3-2-12(8-18-15)22(23)24)9-14(11)21-10-19-16-13(21)4-6-17-16/h2-3,6,8,11,14,19H,4-5,7,9-10H2,1H3. The number of pyridine rings is 1. The molecule has 1 saturated heterocycles. The first-order valence-corrected chi connectivity index (χ1v) is 8.25. The van der Waals surface area contributed by atoms with E-state index in [0.717, 1.165) is 44.2 Å². The maximum atomic E-state index is 10.8. The first-order valence-electron chi connectivity index (χ1n) is 8.25. The lowest BCUT2D eigenvalue weighted by molar-refractivity contribution is -0.385. The van der Waals surface area contributed by atoms with E-state index in [1.807, 2.05) is 6.21 Å². The molecule has 2 unspecified atom stereocenters. The smallest absolute Gasteiger partial charge is 0.287 e. The number of allylic oxidation sites excluding steroid dienone is 1. The molecule has 3 aliphatic rings. The Bertz CT molecular complexity index is 714. The molecular formula is C16H20N6O2. The molecule has 24 heavy (non-hydrogen) atoms. The number of nitrogens with zero attached hydrogens (tertiary/aromatic N) is 5. The second kappa shape index (κ2) is 5.77. The molecule has 0 spiro atoms. The van der Waals surface area contributed by atoms with E-state index in [9.17, 15) is 10.1 Å². The SMILES string of the molecule is CC1CCN(c2ccc([N+](=O)[O-])cn2)CC1N1CNC2=C1CC=N2. The summed E-state index contributed by atoms with van der Waals surface area (Å²) in [5.74, 6) is 2.39. The predicted molar refractivity (Wildman–Crippen MR) is 90.7 cm³/mol. The maximum absolute atomic E-state index is 10.8. The average Bonchev–Trinajstić information content (AvgIpc) is 3.19.